The van der Waals surface area contributed by atoms with E-state index in [0.29, 0.717) is 39.1 Å². The van der Waals surface area contributed by atoms with Gasteiger partial charge >= 0.3 is 5.97 Å². The van der Waals surface area contributed by atoms with Gasteiger partial charge in [0.1, 0.15) is 22.7 Å². The maximum Gasteiger partial charge on any atom is 0.342 e. The fraction of sp³-hybridized carbons (Fsp3) is 0.167. The summed E-state index contributed by atoms with van der Waals surface area (Å²) >= 11 is 3.51. The van der Waals surface area contributed by atoms with Crippen LogP contribution in [0.1, 0.15) is 17.3 Å². The zero-order valence-corrected chi connectivity index (χ0v) is 14.3. The molecule has 0 unspecified atom stereocenters. The molecule has 118 valence electrons. The highest BCUT2D eigenvalue weighted by Crippen LogP contribution is 2.41. The summed E-state index contributed by atoms with van der Waals surface area (Å²) in [5, 5.41) is 0.654. The minimum absolute atomic E-state index is 0.293. The molecule has 0 aliphatic rings. The average molecular weight is 375 g/mol. The van der Waals surface area contributed by atoms with Gasteiger partial charge in [-0.2, -0.15) is 0 Å². The van der Waals surface area contributed by atoms with Crippen molar-refractivity contribution < 1.29 is 18.7 Å². The second-order valence-electron chi connectivity index (χ2n) is 4.85. The van der Waals surface area contributed by atoms with Crippen LogP contribution in [0, 0.1) is 0 Å². The Kier molecular flexibility index (Phi) is 4.39. The number of halogens is 1. The predicted octanol–water partition coefficient (Wildman–Crippen LogP) is 5.05. The van der Waals surface area contributed by atoms with Crippen molar-refractivity contribution >= 4 is 32.9 Å². The smallest absolute Gasteiger partial charge is 0.342 e. The largest absolute Gasteiger partial charge is 0.496 e. The van der Waals surface area contributed by atoms with Gasteiger partial charge in [0, 0.05) is 5.56 Å². The van der Waals surface area contributed by atoms with Crippen molar-refractivity contribution in [1.82, 2.24) is 0 Å². The molecule has 1 aromatic heterocycles. The Morgan fingerprint density at radius 3 is 2.57 bits per heavy atom. The summed E-state index contributed by atoms with van der Waals surface area (Å²) in [4.78, 5) is 12.5. The van der Waals surface area contributed by atoms with Crippen LogP contribution in [0.3, 0.4) is 0 Å². The number of carbonyl (C=O) groups is 1. The molecule has 2 aromatic carbocycles. The van der Waals surface area contributed by atoms with E-state index in [1.54, 1.807) is 26.2 Å². The zero-order valence-electron chi connectivity index (χ0n) is 12.8. The van der Waals surface area contributed by atoms with Gasteiger partial charge in [-0.1, -0.05) is 30.3 Å². The number of rotatable bonds is 4. The van der Waals surface area contributed by atoms with Crippen LogP contribution in [0.2, 0.25) is 0 Å². The lowest BCUT2D eigenvalue weighted by Gasteiger charge is -2.06. The van der Waals surface area contributed by atoms with Crippen molar-refractivity contribution in [3.63, 3.8) is 0 Å². The summed E-state index contributed by atoms with van der Waals surface area (Å²) in [5.41, 5.74) is 1.82. The Balaban J connectivity index is 2.34. The maximum atomic E-state index is 12.5. The average Bonchev–Trinajstić information content (AvgIpc) is 2.97. The number of carbonyl (C=O) groups excluding carboxylic acids is 1. The number of hydrogen-bond donors (Lipinski definition) is 0. The van der Waals surface area contributed by atoms with E-state index in [1.165, 1.54) is 0 Å². The Labute approximate surface area is 142 Å². The highest BCUT2D eigenvalue weighted by molar-refractivity contribution is 9.10. The molecule has 4 nitrogen and oxygen atoms in total. The summed E-state index contributed by atoms with van der Waals surface area (Å²) in [6, 6.07) is 13.1. The predicted molar refractivity (Wildman–Crippen MR) is 91.9 cm³/mol. The van der Waals surface area contributed by atoms with Gasteiger partial charge in [-0.25, -0.2) is 4.79 Å². The van der Waals surface area contributed by atoms with E-state index < -0.39 is 5.97 Å². The quantitative estimate of drug-likeness (QED) is 0.599. The van der Waals surface area contributed by atoms with E-state index in [2.05, 4.69) is 15.9 Å². The molecule has 0 amide bonds. The Bertz CT molecular complexity index is 852. The lowest BCUT2D eigenvalue weighted by atomic mass is 10.1. The van der Waals surface area contributed by atoms with E-state index in [-0.39, 0.29) is 0 Å². The molecule has 0 aliphatic carbocycles. The molecule has 0 saturated carbocycles. The van der Waals surface area contributed by atoms with Crippen LogP contribution < -0.4 is 4.74 Å². The van der Waals surface area contributed by atoms with Crippen molar-refractivity contribution in [3.8, 4) is 17.1 Å². The van der Waals surface area contributed by atoms with Crippen molar-refractivity contribution in [2.75, 3.05) is 13.7 Å². The van der Waals surface area contributed by atoms with Crippen molar-refractivity contribution in [3.05, 3.63) is 52.5 Å². The summed E-state index contributed by atoms with van der Waals surface area (Å²) < 4.78 is 17.2. The van der Waals surface area contributed by atoms with E-state index in [0.717, 1.165) is 5.56 Å². The Morgan fingerprint density at radius 2 is 1.91 bits per heavy atom. The van der Waals surface area contributed by atoms with E-state index >= 15 is 0 Å². The number of hydrogen-bond acceptors (Lipinski definition) is 4. The molecule has 3 aromatic rings. The van der Waals surface area contributed by atoms with Crippen molar-refractivity contribution in [2.45, 2.75) is 6.92 Å². The first kappa shape index (κ1) is 15.6. The van der Waals surface area contributed by atoms with Gasteiger partial charge < -0.3 is 13.9 Å². The SMILES string of the molecule is CCOC(=O)c1c(-c2ccccc2)oc2ccc(OC)c(Br)c12. The standard InChI is InChI=1S/C18H15BrO4/c1-3-22-18(20)15-14-12(9-10-13(21-2)16(14)19)23-17(15)11-7-5-4-6-8-11/h4-10H,3H2,1-2H3. The highest BCUT2D eigenvalue weighted by atomic mass is 79.9. The molecule has 0 fully saturated rings. The monoisotopic (exact) mass is 374 g/mol. The fourth-order valence-corrected chi connectivity index (χ4v) is 3.17. The second kappa shape index (κ2) is 6.46. The normalized spacial score (nSPS) is 10.7. The topological polar surface area (TPSA) is 48.7 Å². The van der Waals surface area contributed by atoms with Crippen LogP contribution in [0.4, 0.5) is 0 Å². The molecule has 0 N–H and O–H groups in total. The number of furan rings is 1. The third kappa shape index (κ3) is 2.72. The molecular formula is C18H15BrO4. The molecule has 3 rings (SSSR count). The summed E-state index contributed by atoms with van der Waals surface area (Å²) in [5.74, 6) is 0.704. The molecule has 0 spiro atoms. The number of methoxy groups -OCH3 is 1. The molecular weight excluding hydrogens is 360 g/mol. The molecule has 5 heteroatoms. The van der Waals surface area contributed by atoms with Gasteiger partial charge in [-0.3, -0.25) is 0 Å². The van der Waals surface area contributed by atoms with Gasteiger partial charge in [-0.15, -0.1) is 0 Å². The molecule has 0 saturated heterocycles. The van der Waals surface area contributed by atoms with Crippen molar-refractivity contribution in [1.29, 1.82) is 0 Å². The maximum absolute atomic E-state index is 12.5. The van der Waals surface area contributed by atoms with Gasteiger partial charge in [0.15, 0.2) is 0 Å². The van der Waals surface area contributed by atoms with E-state index in [1.807, 2.05) is 30.3 Å². The van der Waals surface area contributed by atoms with Gasteiger partial charge in [-0.05, 0) is 35.0 Å². The summed E-state index contributed by atoms with van der Waals surface area (Å²) in [7, 11) is 1.58. The Hall–Kier alpha value is -2.27. The highest BCUT2D eigenvalue weighted by Gasteiger charge is 2.26. The van der Waals surface area contributed by atoms with Crippen LogP contribution in [0.25, 0.3) is 22.3 Å². The first-order valence-corrected chi connectivity index (χ1v) is 7.98. The number of esters is 1. The van der Waals surface area contributed by atoms with Crippen LogP contribution in [-0.4, -0.2) is 19.7 Å². The van der Waals surface area contributed by atoms with Crippen LogP contribution in [-0.2, 0) is 4.74 Å². The second-order valence-corrected chi connectivity index (χ2v) is 5.64. The molecule has 1 heterocycles. The van der Waals surface area contributed by atoms with Crippen LogP contribution >= 0.6 is 15.9 Å². The number of fused-ring (bicyclic) bond motifs is 1. The summed E-state index contributed by atoms with van der Waals surface area (Å²) in [6.45, 7) is 2.07. The summed E-state index contributed by atoms with van der Waals surface area (Å²) in [6.07, 6.45) is 0. The molecule has 0 atom stereocenters. The first-order chi connectivity index (χ1) is 11.2. The third-order valence-electron chi connectivity index (χ3n) is 3.49. The fourth-order valence-electron chi connectivity index (χ4n) is 2.48. The first-order valence-electron chi connectivity index (χ1n) is 7.19. The Morgan fingerprint density at radius 1 is 1.17 bits per heavy atom. The van der Waals surface area contributed by atoms with E-state index in [4.69, 9.17) is 13.9 Å². The van der Waals surface area contributed by atoms with Gasteiger partial charge in [0.25, 0.3) is 0 Å². The zero-order chi connectivity index (χ0) is 16.4. The third-order valence-corrected chi connectivity index (χ3v) is 4.28. The minimum Gasteiger partial charge on any atom is -0.496 e. The van der Waals surface area contributed by atoms with E-state index in [9.17, 15) is 4.79 Å². The molecule has 0 radical (unpaired) electrons. The molecule has 0 bridgehead atoms. The van der Waals surface area contributed by atoms with Gasteiger partial charge in [0.05, 0.1) is 23.6 Å². The number of ether oxygens (including phenoxy) is 2. The minimum atomic E-state index is -0.418. The molecule has 23 heavy (non-hydrogen) atoms. The number of benzene rings is 2. The molecule has 0 aliphatic heterocycles. The van der Waals surface area contributed by atoms with Crippen LogP contribution in [0.15, 0.2) is 51.4 Å². The van der Waals surface area contributed by atoms with Gasteiger partial charge in [0.2, 0.25) is 0 Å². The lowest BCUT2D eigenvalue weighted by Crippen LogP contribution is -2.05. The van der Waals surface area contributed by atoms with Crippen molar-refractivity contribution in [2.24, 2.45) is 0 Å². The lowest BCUT2D eigenvalue weighted by molar-refractivity contribution is 0.0528. The van der Waals surface area contributed by atoms with Crippen LogP contribution in [0.5, 0.6) is 5.75 Å².